The van der Waals surface area contributed by atoms with E-state index in [4.69, 9.17) is 11.6 Å². The van der Waals surface area contributed by atoms with Crippen LogP contribution in [0.2, 0.25) is 5.02 Å². The van der Waals surface area contributed by atoms with E-state index in [1.165, 1.54) is 0 Å². The summed E-state index contributed by atoms with van der Waals surface area (Å²) < 4.78 is 25.5. The van der Waals surface area contributed by atoms with E-state index >= 15 is 0 Å². The van der Waals surface area contributed by atoms with Crippen LogP contribution in [0, 0.1) is 0 Å². The van der Waals surface area contributed by atoms with E-state index in [9.17, 15) is 13.2 Å². The van der Waals surface area contributed by atoms with Gasteiger partial charge in [-0.3, -0.25) is 9.10 Å². The summed E-state index contributed by atoms with van der Waals surface area (Å²) in [4.78, 5) is 14.4. The van der Waals surface area contributed by atoms with Gasteiger partial charge >= 0.3 is 0 Å². The largest absolute Gasteiger partial charge is 0.341 e. The molecule has 1 aromatic carbocycles. The Balaban J connectivity index is 2.31. The molecule has 0 spiro atoms. The molecule has 0 N–H and O–H groups in total. The second-order valence-electron chi connectivity index (χ2n) is 5.60. The van der Waals surface area contributed by atoms with Crippen LogP contribution in [0.15, 0.2) is 24.3 Å². The summed E-state index contributed by atoms with van der Waals surface area (Å²) >= 11 is 5.96. The van der Waals surface area contributed by atoms with Crippen molar-refractivity contribution in [3.8, 4) is 0 Å². The van der Waals surface area contributed by atoms with E-state index < -0.39 is 16.1 Å². The number of benzene rings is 1. The maximum absolute atomic E-state index is 12.6. The molecule has 0 bridgehead atoms. The molecule has 0 saturated carbocycles. The van der Waals surface area contributed by atoms with Gasteiger partial charge in [-0.1, -0.05) is 17.7 Å². The normalized spacial score (nSPS) is 17.1. The van der Waals surface area contributed by atoms with Gasteiger partial charge in [0.05, 0.1) is 11.9 Å². The van der Waals surface area contributed by atoms with Crippen molar-refractivity contribution in [3.05, 3.63) is 29.3 Å². The summed E-state index contributed by atoms with van der Waals surface area (Å²) in [5.74, 6) is -0.162. The lowest BCUT2D eigenvalue weighted by atomic mass is 10.1. The molecule has 7 heteroatoms. The standard InChI is InChI=1S/C15H21ClN2O3S/c1-12(15(19)17-9-4-3-5-10-17)18(22(2,20)21)14-8-6-7-13(16)11-14/h6-8,11-12H,3-5,9-10H2,1-2H3/t12-/m1/s1. The predicted molar refractivity (Wildman–Crippen MR) is 88.7 cm³/mol. The molecule has 1 fully saturated rings. The van der Waals surface area contributed by atoms with Crippen LogP contribution in [0.1, 0.15) is 26.2 Å². The Labute approximate surface area is 136 Å². The average molecular weight is 345 g/mol. The summed E-state index contributed by atoms with van der Waals surface area (Å²) in [6, 6.07) is 5.76. The minimum Gasteiger partial charge on any atom is -0.341 e. The molecule has 1 heterocycles. The van der Waals surface area contributed by atoms with Gasteiger partial charge in [-0.15, -0.1) is 0 Å². The number of nitrogens with zero attached hydrogens (tertiary/aromatic N) is 2. The van der Waals surface area contributed by atoms with Crippen molar-refractivity contribution in [2.45, 2.75) is 32.2 Å². The molecule has 22 heavy (non-hydrogen) atoms. The number of carbonyl (C=O) groups excluding carboxylic acids is 1. The number of likely N-dealkylation sites (tertiary alicyclic amines) is 1. The molecule has 1 atom stereocenters. The number of piperidine rings is 1. The number of rotatable bonds is 4. The summed E-state index contributed by atoms with van der Waals surface area (Å²) in [6.45, 7) is 3.01. The van der Waals surface area contributed by atoms with Gasteiger partial charge in [0.15, 0.2) is 0 Å². The van der Waals surface area contributed by atoms with Crippen molar-refractivity contribution in [2.24, 2.45) is 0 Å². The second kappa shape index (κ2) is 6.87. The fraction of sp³-hybridized carbons (Fsp3) is 0.533. The van der Waals surface area contributed by atoms with E-state index in [-0.39, 0.29) is 5.91 Å². The number of hydrogen-bond acceptors (Lipinski definition) is 3. The number of amides is 1. The van der Waals surface area contributed by atoms with Gasteiger partial charge in [-0.25, -0.2) is 8.42 Å². The molecule has 0 aromatic heterocycles. The van der Waals surface area contributed by atoms with Crippen molar-refractivity contribution < 1.29 is 13.2 Å². The maximum atomic E-state index is 12.6. The van der Waals surface area contributed by atoms with Gasteiger partial charge in [0, 0.05) is 18.1 Å². The van der Waals surface area contributed by atoms with Gasteiger partial charge in [-0.2, -0.15) is 0 Å². The minimum absolute atomic E-state index is 0.162. The first kappa shape index (κ1) is 17.1. The molecule has 0 radical (unpaired) electrons. The first-order valence-electron chi connectivity index (χ1n) is 7.34. The molecule has 2 rings (SSSR count). The first-order chi connectivity index (χ1) is 10.3. The van der Waals surface area contributed by atoms with E-state index in [0.29, 0.717) is 23.8 Å². The summed E-state index contributed by atoms with van der Waals surface area (Å²) in [5, 5.41) is 0.434. The molecular weight excluding hydrogens is 324 g/mol. The van der Waals surface area contributed by atoms with Gasteiger partial charge in [0.1, 0.15) is 6.04 Å². The predicted octanol–water partition coefficient (Wildman–Crippen LogP) is 2.51. The highest BCUT2D eigenvalue weighted by molar-refractivity contribution is 7.92. The smallest absolute Gasteiger partial charge is 0.246 e. The molecule has 1 aromatic rings. The lowest BCUT2D eigenvalue weighted by Gasteiger charge is -2.34. The van der Waals surface area contributed by atoms with Crippen LogP contribution in [-0.4, -0.2) is 44.6 Å². The Morgan fingerprint density at radius 2 is 1.91 bits per heavy atom. The van der Waals surface area contributed by atoms with Crippen LogP contribution in [0.3, 0.4) is 0 Å². The van der Waals surface area contributed by atoms with Crippen LogP contribution < -0.4 is 4.31 Å². The van der Waals surface area contributed by atoms with Crippen LogP contribution >= 0.6 is 11.6 Å². The highest BCUT2D eigenvalue weighted by Gasteiger charge is 2.32. The van der Waals surface area contributed by atoms with E-state index in [0.717, 1.165) is 29.8 Å². The zero-order chi connectivity index (χ0) is 16.3. The van der Waals surface area contributed by atoms with Gasteiger partial charge in [0.25, 0.3) is 0 Å². The van der Waals surface area contributed by atoms with Crippen molar-refractivity contribution >= 4 is 33.2 Å². The van der Waals surface area contributed by atoms with Crippen molar-refractivity contribution in [3.63, 3.8) is 0 Å². The Kier molecular flexibility index (Phi) is 5.34. The van der Waals surface area contributed by atoms with E-state index in [1.54, 1.807) is 36.1 Å². The number of carbonyl (C=O) groups is 1. The molecule has 1 amide bonds. The van der Waals surface area contributed by atoms with Gasteiger partial charge < -0.3 is 4.90 Å². The third-order valence-corrected chi connectivity index (χ3v) is 5.27. The summed E-state index contributed by atoms with van der Waals surface area (Å²) in [7, 11) is -3.59. The number of anilines is 1. The van der Waals surface area contributed by atoms with Gasteiger partial charge in [0.2, 0.25) is 15.9 Å². The summed E-state index contributed by atoms with van der Waals surface area (Å²) in [5.41, 5.74) is 0.410. The highest BCUT2D eigenvalue weighted by Crippen LogP contribution is 2.25. The monoisotopic (exact) mass is 344 g/mol. The summed E-state index contributed by atoms with van der Waals surface area (Å²) in [6.07, 6.45) is 4.15. The second-order valence-corrected chi connectivity index (χ2v) is 7.90. The minimum atomic E-state index is -3.59. The van der Waals surface area contributed by atoms with Crippen molar-refractivity contribution in [2.75, 3.05) is 23.7 Å². The van der Waals surface area contributed by atoms with Crippen LogP contribution in [0.25, 0.3) is 0 Å². The molecule has 1 saturated heterocycles. The molecule has 0 unspecified atom stereocenters. The quantitative estimate of drug-likeness (QED) is 0.843. The Morgan fingerprint density at radius 3 is 2.45 bits per heavy atom. The fourth-order valence-corrected chi connectivity index (χ4v) is 4.14. The molecule has 0 aliphatic carbocycles. The zero-order valence-electron chi connectivity index (χ0n) is 12.8. The Hall–Kier alpha value is -1.27. The van der Waals surface area contributed by atoms with Crippen LogP contribution in [0.4, 0.5) is 5.69 Å². The fourth-order valence-electron chi connectivity index (χ4n) is 2.79. The lowest BCUT2D eigenvalue weighted by molar-refractivity contribution is -0.132. The van der Waals surface area contributed by atoms with Crippen molar-refractivity contribution in [1.82, 2.24) is 4.90 Å². The SMILES string of the molecule is C[C@H](C(=O)N1CCCCC1)N(c1cccc(Cl)c1)S(C)(=O)=O. The van der Waals surface area contributed by atoms with Crippen molar-refractivity contribution in [1.29, 1.82) is 0 Å². The highest BCUT2D eigenvalue weighted by atomic mass is 35.5. The third kappa shape index (κ3) is 3.93. The third-order valence-electron chi connectivity index (χ3n) is 3.80. The van der Waals surface area contributed by atoms with Crippen LogP contribution in [-0.2, 0) is 14.8 Å². The average Bonchev–Trinajstić information content (AvgIpc) is 2.46. The molecule has 1 aliphatic heterocycles. The Bertz CT molecular complexity index is 642. The van der Waals surface area contributed by atoms with Crippen LogP contribution in [0.5, 0.6) is 0 Å². The number of halogens is 1. The number of sulfonamides is 1. The molecular formula is C15H21ClN2O3S. The number of hydrogen-bond donors (Lipinski definition) is 0. The van der Waals surface area contributed by atoms with Gasteiger partial charge in [-0.05, 0) is 44.4 Å². The Morgan fingerprint density at radius 1 is 1.27 bits per heavy atom. The molecule has 5 nitrogen and oxygen atoms in total. The van der Waals surface area contributed by atoms with E-state index in [1.807, 2.05) is 0 Å². The topological polar surface area (TPSA) is 57.7 Å². The zero-order valence-corrected chi connectivity index (χ0v) is 14.4. The maximum Gasteiger partial charge on any atom is 0.246 e. The lowest BCUT2D eigenvalue weighted by Crippen LogP contribution is -2.50. The first-order valence-corrected chi connectivity index (χ1v) is 9.57. The molecule has 122 valence electrons. The van der Waals surface area contributed by atoms with E-state index in [2.05, 4.69) is 0 Å². The molecule has 1 aliphatic rings.